The summed E-state index contributed by atoms with van der Waals surface area (Å²) in [5.74, 6) is -2.07. The molecule has 3 rings (SSSR count). The van der Waals surface area contributed by atoms with Crippen LogP contribution >= 0.6 is 0 Å². The van der Waals surface area contributed by atoms with Crippen molar-refractivity contribution in [2.75, 3.05) is 20.2 Å². The van der Waals surface area contributed by atoms with E-state index in [0.29, 0.717) is 25.1 Å². The van der Waals surface area contributed by atoms with E-state index in [1.807, 2.05) is 6.92 Å². The Bertz CT molecular complexity index is 821. The predicted octanol–water partition coefficient (Wildman–Crippen LogP) is 1.79. The van der Waals surface area contributed by atoms with Crippen molar-refractivity contribution in [3.63, 3.8) is 0 Å². The lowest BCUT2D eigenvalue weighted by Crippen LogP contribution is -2.37. The van der Waals surface area contributed by atoms with Crippen LogP contribution in [0.2, 0.25) is 0 Å². The van der Waals surface area contributed by atoms with Gasteiger partial charge in [0.1, 0.15) is 0 Å². The quantitative estimate of drug-likeness (QED) is 0.714. The zero-order valence-corrected chi connectivity index (χ0v) is 16.0. The highest BCUT2D eigenvalue weighted by Gasteiger charge is 2.39. The van der Waals surface area contributed by atoms with Crippen molar-refractivity contribution in [2.45, 2.75) is 44.8 Å². The van der Waals surface area contributed by atoms with Gasteiger partial charge < -0.3 is 14.7 Å². The maximum Gasteiger partial charge on any atom is 0.305 e. The molecule has 0 saturated carbocycles. The van der Waals surface area contributed by atoms with Gasteiger partial charge in [0.25, 0.3) is 17.7 Å². The molecule has 0 bridgehead atoms. The van der Waals surface area contributed by atoms with Crippen LogP contribution in [-0.4, -0.2) is 70.9 Å². The third-order valence-electron chi connectivity index (χ3n) is 5.33. The van der Waals surface area contributed by atoms with Crippen molar-refractivity contribution in [2.24, 2.45) is 0 Å². The molecule has 2 heterocycles. The molecule has 0 radical (unpaired) electrons. The minimum absolute atomic E-state index is 0.168. The molecule has 0 spiro atoms. The lowest BCUT2D eigenvalue weighted by Gasteiger charge is -2.23. The molecule has 1 aromatic carbocycles. The van der Waals surface area contributed by atoms with Crippen LogP contribution in [0, 0.1) is 0 Å². The van der Waals surface area contributed by atoms with Gasteiger partial charge in [0.2, 0.25) is 0 Å². The lowest BCUT2D eigenvalue weighted by molar-refractivity contribution is -0.138. The lowest BCUT2D eigenvalue weighted by atomic mass is 10.0. The van der Waals surface area contributed by atoms with Crippen LogP contribution in [0.4, 0.5) is 0 Å². The number of carbonyl (C=O) groups is 4. The van der Waals surface area contributed by atoms with Gasteiger partial charge in [-0.25, -0.2) is 0 Å². The Balaban J connectivity index is 1.84. The molecule has 1 N–H and O–H groups in total. The number of hydrogen-bond donors (Lipinski definition) is 1. The fourth-order valence-corrected chi connectivity index (χ4v) is 3.80. The maximum atomic E-state index is 13.0. The third kappa shape index (κ3) is 3.64. The Morgan fingerprint density at radius 3 is 2.57 bits per heavy atom. The Kier molecular flexibility index (Phi) is 5.79. The molecule has 1 saturated heterocycles. The Morgan fingerprint density at radius 2 is 1.93 bits per heavy atom. The molecule has 1 aromatic rings. The highest BCUT2D eigenvalue weighted by atomic mass is 16.5. The first-order valence-electron chi connectivity index (χ1n) is 9.43. The van der Waals surface area contributed by atoms with Crippen LogP contribution in [-0.2, 0) is 9.53 Å². The van der Waals surface area contributed by atoms with Crippen LogP contribution in [0.3, 0.4) is 0 Å². The molecule has 2 unspecified atom stereocenters. The van der Waals surface area contributed by atoms with Crippen LogP contribution in [0.5, 0.6) is 0 Å². The van der Waals surface area contributed by atoms with E-state index in [0.717, 1.165) is 12.8 Å². The zero-order chi connectivity index (χ0) is 20.4. The summed E-state index contributed by atoms with van der Waals surface area (Å²) in [5, 5.41) is 9.13. The number of likely N-dealkylation sites (tertiary alicyclic amines) is 1. The molecule has 2 atom stereocenters. The molecule has 8 nitrogen and oxygen atoms in total. The molecular weight excluding hydrogens is 364 g/mol. The second-order valence-electron chi connectivity index (χ2n) is 7.18. The van der Waals surface area contributed by atoms with E-state index in [4.69, 9.17) is 9.84 Å². The smallest absolute Gasteiger partial charge is 0.305 e. The second kappa shape index (κ2) is 8.10. The van der Waals surface area contributed by atoms with Crippen molar-refractivity contribution in [3.8, 4) is 0 Å². The number of unbranched alkanes of at least 4 members (excludes halogenated alkanes) is 1. The molecule has 8 heteroatoms. The Labute approximate surface area is 163 Å². The fraction of sp³-hybridized carbons (Fsp3) is 0.500. The summed E-state index contributed by atoms with van der Waals surface area (Å²) in [7, 11) is 1.53. The van der Waals surface area contributed by atoms with E-state index in [-0.39, 0.29) is 41.4 Å². The van der Waals surface area contributed by atoms with Gasteiger partial charge in [0, 0.05) is 31.8 Å². The minimum atomic E-state index is -0.985. The molecule has 1 fully saturated rings. The number of ether oxygens (including phenoxy) is 1. The first-order chi connectivity index (χ1) is 13.4. The molecule has 2 aliphatic heterocycles. The van der Waals surface area contributed by atoms with Gasteiger partial charge in [-0.05, 0) is 31.0 Å². The maximum absolute atomic E-state index is 13.0. The van der Waals surface area contributed by atoms with E-state index in [1.165, 1.54) is 35.1 Å². The van der Waals surface area contributed by atoms with Crippen LogP contribution in [0.15, 0.2) is 18.2 Å². The highest BCUT2D eigenvalue weighted by Crippen LogP contribution is 2.28. The van der Waals surface area contributed by atoms with E-state index in [1.54, 1.807) is 0 Å². The van der Waals surface area contributed by atoms with Gasteiger partial charge in [-0.15, -0.1) is 0 Å². The van der Waals surface area contributed by atoms with E-state index in [2.05, 4.69) is 0 Å². The molecule has 0 aliphatic carbocycles. The standard InChI is InChI=1S/C20H24N2O6/c1-3-4-7-21-19(26)15-6-5-12(8-16(15)20(21)27)18(25)22-11-14(28-2)9-13(22)10-17(23)24/h5-6,8,13-14H,3-4,7,9-11H2,1-2H3,(H,23,24). The number of hydrogen-bond acceptors (Lipinski definition) is 5. The summed E-state index contributed by atoms with van der Waals surface area (Å²) in [6.45, 7) is 2.63. The highest BCUT2D eigenvalue weighted by molar-refractivity contribution is 6.22. The molecule has 150 valence electrons. The van der Waals surface area contributed by atoms with Crippen LogP contribution in [0.25, 0.3) is 0 Å². The van der Waals surface area contributed by atoms with Gasteiger partial charge in [-0.3, -0.25) is 24.1 Å². The summed E-state index contributed by atoms with van der Waals surface area (Å²) in [6.07, 6.45) is 1.63. The van der Waals surface area contributed by atoms with Crippen LogP contribution in [0.1, 0.15) is 63.7 Å². The average molecular weight is 388 g/mol. The van der Waals surface area contributed by atoms with E-state index >= 15 is 0 Å². The number of fused-ring (bicyclic) bond motifs is 1. The molecule has 28 heavy (non-hydrogen) atoms. The average Bonchev–Trinajstić information content (AvgIpc) is 3.18. The van der Waals surface area contributed by atoms with Crippen molar-refractivity contribution in [1.82, 2.24) is 9.80 Å². The Hall–Kier alpha value is -2.74. The summed E-state index contributed by atoms with van der Waals surface area (Å²) >= 11 is 0. The molecule has 0 aromatic heterocycles. The molecule has 2 aliphatic rings. The van der Waals surface area contributed by atoms with E-state index < -0.39 is 12.0 Å². The molecular formula is C20H24N2O6. The SMILES string of the molecule is CCCCN1C(=O)c2ccc(C(=O)N3CC(OC)CC3CC(=O)O)cc2C1=O. The van der Waals surface area contributed by atoms with Crippen molar-refractivity contribution >= 4 is 23.7 Å². The van der Waals surface area contributed by atoms with Crippen molar-refractivity contribution in [3.05, 3.63) is 34.9 Å². The summed E-state index contributed by atoms with van der Waals surface area (Å²) in [4.78, 5) is 51.9. The first kappa shape index (κ1) is 20.0. The first-order valence-corrected chi connectivity index (χ1v) is 9.43. The number of nitrogens with zero attached hydrogens (tertiary/aromatic N) is 2. The second-order valence-corrected chi connectivity index (χ2v) is 7.18. The monoisotopic (exact) mass is 388 g/mol. The van der Waals surface area contributed by atoms with Gasteiger partial charge in [0.15, 0.2) is 0 Å². The van der Waals surface area contributed by atoms with Gasteiger partial charge in [-0.2, -0.15) is 0 Å². The summed E-state index contributed by atoms with van der Waals surface area (Å²) in [5.41, 5.74) is 0.796. The third-order valence-corrected chi connectivity index (χ3v) is 5.33. The van der Waals surface area contributed by atoms with Gasteiger partial charge in [-0.1, -0.05) is 13.3 Å². The fourth-order valence-electron chi connectivity index (χ4n) is 3.80. The summed E-state index contributed by atoms with van der Waals surface area (Å²) in [6, 6.07) is 4.00. The molecule has 3 amide bonds. The number of methoxy groups -OCH3 is 1. The van der Waals surface area contributed by atoms with Gasteiger partial charge >= 0.3 is 5.97 Å². The van der Waals surface area contributed by atoms with E-state index in [9.17, 15) is 19.2 Å². The Morgan fingerprint density at radius 1 is 1.21 bits per heavy atom. The topological polar surface area (TPSA) is 104 Å². The number of amides is 3. The predicted molar refractivity (Wildman–Crippen MR) is 99.2 cm³/mol. The van der Waals surface area contributed by atoms with Gasteiger partial charge in [0.05, 0.1) is 23.7 Å². The van der Waals surface area contributed by atoms with Crippen molar-refractivity contribution < 1.29 is 29.0 Å². The number of rotatable bonds is 7. The number of carboxylic acids is 1. The van der Waals surface area contributed by atoms with Crippen LogP contribution < -0.4 is 0 Å². The van der Waals surface area contributed by atoms with Crippen molar-refractivity contribution in [1.29, 1.82) is 0 Å². The number of carbonyl (C=O) groups excluding carboxylic acids is 3. The number of benzene rings is 1. The number of carboxylic acid groups (broad SMARTS) is 1. The summed E-state index contributed by atoms with van der Waals surface area (Å²) < 4.78 is 5.30. The number of imide groups is 1. The normalized spacial score (nSPS) is 21.4. The zero-order valence-electron chi connectivity index (χ0n) is 16.0. The number of aliphatic carboxylic acids is 1. The largest absolute Gasteiger partial charge is 0.481 e. The minimum Gasteiger partial charge on any atom is -0.481 e.